The summed E-state index contributed by atoms with van der Waals surface area (Å²) in [6.45, 7) is 3.71. The van der Waals surface area contributed by atoms with Crippen LogP contribution in [-0.4, -0.2) is 43.5 Å². The first-order valence-electron chi connectivity index (χ1n) is 8.25. The number of aliphatic hydroxyl groups is 1. The molecule has 1 heterocycles. The van der Waals surface area contributed by atoms with Gasteiger partial charge in [0.1, 0.15) is 17.9 Å². The highest BCUT2D eigenvalue weighted by Crippen LogP contribution is 2.36. The molecule has 0 radical (unpaired) electrons. The van der Waals surface area contributed by atoms with E-state index in [0.29, 0.717) is 17.0 Å². The molecule has 5 nitrogen and oxygen atoms in total. The van der Waals surface area contributed by atoms with Crippen molar-refractivity contribution in [2.24, 2.45) is 0 Å². The van der Waals surface area contributed by atoms with Crippen LogP contribution in [0.2, 0.25) is 0 Å². The van der Waals surface area contributed by atoms with Crippen LogP contribution in [0.4, 0.5) is 5.69 Å². The Balaban J connectivity index is 1.93. The van der Waals surface area contributed by atoms with E-state index in [9.17, 15) is 9.90 Å². The van der Waals surface area contributed by atoms with Crippen molar-refractivity contribution in [1.29, 1.82) is 0 Å². The van der Waals surface area contributed by atoms with Crippen molar-refractivity contribution in [1.82, 2.24) is 0 Å². The van der Waals surface area contributed by atoms with E-state index in [1.54, 1.807) is 36.3 Å². The predicted octanol–water partition coefficient (Wildman–Crippen LogP) is 2.65. The number of amides is 1. The molecule has 1 fully saturated rings. The van der Waals surface area contributed by atoms with Gasteiger partial charge in [0.2, 0.25) is 0 Å². The molecule has 5 heteroatoms. The molecular weight excluding hydrogens is 330 g/mol. The van der Waals surface area contributed by atoms with Crippen LogP contribution in [0.25, 0.3) is 5.57 Å². The molecule has 2 aromatic carbocycles. The van der Waals surface area contributed by atoms with E-state index in [4.69, 9.17) is 9.47 Å². The number of aliphatic hydroxyl groups excluding tert-OH is 1. The fourth-order valence-electron chi connectivity index (χ4n) is 3.24. The van der Waals surface area contributed by atoms with Crippen LogP contribution in [0.5, 0.6) is 5.75 Å². The van der Waals surface area contributed by atoms with Crippen molar-refractivity contribution in [3.8, 4) is 5.75 Å². The van der Waals surface area contributed by atoms with Gasteiger partial charge in [-0.05, 0) is 29.8 Å². The highest BCUT2D eigenvalue weighted by molar-refractivity contribution is 6.05. The van der Waals surface area contributed by atoms with Gasteiger partial charge in [-0.1, -0.05) is 36.9 Å². The van der Waals surface area contributed by atoms with Gasteiger partial charge in [-0.2, -0.15) is 0 Å². The molecule has 1 N–H and O–H groups in total. The van der Waals surface area contributed by atoms with Gasteiger partial charge in [0.05, 0.1) is 7.11 Å². The van der Waals surface area contributed by atoms with Crippen molar-refractivity contribution >= 4 is 17.2 Å². The van der Waals surface area contributed by atoms with Gasteiger partial charge in [-0.25, -0.2) is 0 Å². The largest absolute Gasteiger partial charge is 0.497 e. The quantitative estimate of drug-likeness (QED) is 0.642. The molecule has 134 valence electrons. The van der Waals surface area contributed by atoms with E-state index < -0.39 is 18.2 Å². The van der Waals surface area contributed by atoms with Crippen LogP contribution in [-0.2, 0) is 9.53 Å². The Labute approximate surface area is 152 Å². The second kappa shape index (κ2) is 7.58. The highest BCUT2D eigenvalue weighted by atomic mass is 16.5. The number of rotatable bonds is 6. The maximum Gasteiger partial charge on any atom is 0.258 e. The highest BCUT2D eigenvalue weighted by Gasteiger charge is 2.53. The van der Waals surface area contributed by atoms with Crippen molar-refractivity contribution in [3.63, 3.8) is 0 Å². The van der Waals surface area contributed by atoms with Gasteiger partial charge in [0.25, 0.3) is 5.91 Å². The number of anilines is 1. The van der Waals surface area contributed by atoms with Gasteiger partial charge < -0.3 is 19.5 Å². The fraction of sp³-hybridized carbons (Fsp3) is 0.238. The third kappa shape index (κ3) is 3.04. The first-order chi connectivity index (χ1) is 12.6. The Morgan fingerprint density at radius 2 is 1.81 bits per heavy atom. The minimum atomic E-state index is -0.986. The van der Waals surface area contributed by atoms with E-state index in [0.717, 1.165) is 5.56 Å². The lowest BCUT2D eigenvalue weighted by molar-refractivity contribution is -0.142. The smallest absolute Gasteiger partial charge is 0.258 e. The molecule has 3 atom stereocenters. The van der Waals surface area contributed by atoms with E-state index in [1.807, 2.05) is 30.3 Å². The summed E-state index contributed by atoms with van der Waals surface area (Å²) in [5.74, 6) is 0.497. The molecule has 0 aromatic heterocycles. The number of nitrogens with zero attached hydrogens (tertiary/aromatic N) is 1. The fourth-order valence-corrected chi connectivity index (χ4v) is 3.24. The van der Waals surface area contributed by atoms with E-state index >= 15 is 0 Å². The predicted molar refractivity (Wildman–Crippen MR) is 100 cm³/mol. The monoisotopic (exact) mass is 351 g/mol. The van der Waals surface area contributed by atoms with E-state index in [2.05, 4.69) is 12.3 Å². The Hall–Kier alpha value is -2.85. The number of hydrogen-bond acceptors (Lipinski definition) is 4. The zero-order chi connectivity index (χ0) is 18.7. The maximum absolute atomic E-state index is 12.5. The van der Waals surface area contributed by atoms with Crippen LogP contribution in [0.1, 0.15) is 5.56 Å². The summed E-state index contributed by atoms with van der Waals surface area (Å²) in [6.07, 6.45) is -1.71. The number of β-lactam (4-membered cyclic amide) rings is 1. The maximum atomic E-state index is 12.5. The third-order valence-electron chi connectivity index (χ3n) is 4.59. The molecule has 26 heavy (non-hydrogen) atoms. The van der Waals surface area contributed by atoms with Gasteiger partial charge in [-0.3, -0.25) is 4.79 Å². The van der Waals surface area contributed by atoms with Crippen molar-refractivity contribution in [2.75, 3.05) is 19.1 Å². The van der Waals surface area contributed by atoms with Crippen LogP contribution in [0.3, 0.4) is 0 Å². The molecule has 1 saturated heterocycles. The summed E-state index contributed by atoms with van der Waals surface area (Å²) in [5.41, 5.74) is 4.83. The summed E-state index contributed by atoms with van der Waals surface area (Å²) in [5, 5.41) is 11.0. The molecule has 1 aliphatic rings. The molecule has 1 aliphatic heterocycles. The van der Waals surface area contributed by atoms with Gasteiger partial charge in [0.15, 0.2) is 6.10 Å². The molecule has 2 aromatic rings. The Kier molecular flexibility index (Phi) is 5.24. The van der Waals surface area contributed by atoms with E-state index in [1.165, 1.54) is 7.11 Å². The molecule has 0 bridgehead atoms. The summed E-state index contributed by atoms with van der Waals surface area (Å²) >= 11 is 0. The zero-order valence-electron chi connectivity index (χ0n) is 14.8. The standard InChI is InChI=1S/C21H21NO4/c1-4-17(14-8-6-5-7-9-14)19(23)18-20(26-3)21(24)22(18)15-10-12-16(25-2)13-11-15/h5-13,18-20,23H,1H2,2-3H3/t18-,19+,20+/m0/s1. The van der Waals surface area contributed by atoms with Gasteiger partial charge in [0, 0.05) is 18.4 Å². The first kappa shape index (κ1) is 18.0. The number of methoxy groups -OCH3 is 2. The van der Waals surface area contributed by atoms with Crippen LogP contribution in [0.15, 0.2) is 66.9 Å². The lowest BCUT2D eigenvalue weighted by atomic mass is 9.85. The average Bonchev–Trinajstić information content (AvgIpc) is 2.68. The molecule has 1 amide bonds. The number of ether oxygens (including phenoxy) is 2. The summed E-state index contributed by atoms with van der Waals surface area (Å²) in [6, 6.07) is 15.9. The first-order valence-corrected chi connectivity index (χ1v) is 8.25. The minimum Gasteiger partial charge on any atom is -0.497 e. The molecular formula is C21H21NO4. The van der Waals surface area contributed by atoms with Crippen molar-refractivity contribution in [2.45, 2.75) is 18.2 Å². The third-order valence-corrected chi connectivity index (χ3v) is 4.59. The van der Waals surface area contributed by atoms with Gasteiger partial charge >= 0.3 is 0 Å². The molecule has 0 aliphatic carbocycles. The van der Waals surface area contributed by atoms with Crippen LogP contribution < -0.4 is 9.64 Å². The van der Waals surface area contributed by atoms with Crippen molar-refractivity contribution < 1.29 is 19.4 Å². The topological polar surface area (TPSA) is 59.0 Å². The second-order valence-corrected chi connectivity index (χ2v) is 5.95. The number of carbonyl (C=O) groups excluding carboxylic acids is 1. The second-order valence-electron chi connectivity index (χ2n) is 5.95. The molecule has 0 unspecified atom stereocenters. The van der Waals surface area contributed by atoms with Crippen LogP contribution >= 0.6 is 0 Å². The number of hydrogen-bond donors (Lipinski definition) is 1. The van der Waals surface area contributed by atoms with Crippen molar-refractivity contribution in [3.05, 3.63) is 72.5 Å². The summed E-state index contributed by atoms with van der Waals surface area (Å²) < 4.78 is 10.5. The number of carbonyl (C=O) groups is 1. The Bertz CT molecular complexity index is 825. The molecule has 0 saturated carbocycles. The van der Waals surface area contributed by atoms with Gasteiger partial charge in [-0.15, -0.1) is 5.73 Å². The summed E-state index contributed by atoms with van der Waals surface area (Å²) in [4.78, 5) is 14.1. The Morgan fingerprint density at radius 1 is 1.15 bits per heavy atom. The molecule has 3 rings (SSSR count). The Morgan fingerprint density at radius 3 is 2.35 bits per heavy atom. The normalized spacial score (nSPS) is 20.1. The summed E-state index contributed by atoms with van der Waals surface area (Å²) in [7, 11) is 3.05. The lowest BCUT2D eigenvalue weighted by Gasteiger charge is -2.48. The zero-order valence-corrected chi connectivity index (χ0v) is 14.8. The SMILES string of the molecule is C=C=C(c1ccccc1)[C@@H](O)[C@H]1[C@@H](OC)C(=O)N1c1ccc(OC)cc1. The molecule has 0 spiro atoms. The van der Waals surface area contributed by atoms with E-state index in [-0.39, 0.29) is 5.91 Å². The minimum absolute atomic E-state index is 0.196. The van der Waals surface area contributed by atoms with Crippen LogP contribution in [0, 0.1) is 0 Å². The number of benzene rings is 2. The average molecular weight is 351 g/mol. The lowest BCUT2D eigenvalue weighted by Crippen LogP contribution is -2.70.